The van der Waals surface area contributed by atoms with Gasteiger partial charge in [0.25, 0.3) is 0 Å². The van der Waals surface area contributed by atoms with Crippen molar-refractivity contribution in [3.63, 3.8) is 0 Å². The van der Waals surface area contributed by atoms with E-state index >= 15 is 0 Å². The lowest BCUT2D eigenvalue weighted by molar-refractivity contribution is 0.300. The van der Waals surface area contributed by atoms with Crippen molar-refractivity contribution >= 4 is 22.6 Å². The average Bonchev–Trinajstić information content (AvgIpc) is 2.27. The van der Waals surface area contributed by atoms with Crippen LogP contribution < -0.4 is 5.32 Å². The Kier molecular flexibility index (Phi) is 5.76. The summed E-state index contributed by atoms with van der Waals surface area (Å²) in [6.07, 6.45) is 1.16. The molecule has 2 heteroatoms. The Morgan fingerprint density at radius 3 is 2.12 bits per heavy atom. The molecule has 1 nitrogen and oxygen atoms in total. The molecule has 0 spiro atoms. The Bertz CT molecular complexity index is 305. The molecule has 0 radical (unpaired) electrons. The fourth-order valence-corrected chi connectivity index (χ4v) is 2.46. The van der Waals surface area contributed by atoms with Gasteiger partial charge in [0.2, 0.25) is 0 Å². The Morgan fingerprint density at radius 2 is 1.69 bits per heavy atom. The molecule has 1 aromatic carbocycles. The van der Waals surface area contributed by atoms with Gasteiger partial charge in [-0.1, -0.05) is 26.0 Å². The van der Waals surface area contributed by atoms with Crippen LogP contribution in [0.1, 0.15) is 26.3 Å². The van der Waals surface area contributed by atoms with Gasteiger partial charge in [-0.05, 0) is 72.5 Å². The maximum Gasteiger partial charge on any atom is 0.0130 e. The fraction of sp³-hybridized carbons (Fsp3) is 0.571. The smallest absolute Gasteiger partial charge is 0.0130 e. The van der Waals surface area contributed by atoms with E-state index in [-0.39, 0.29) is 0 Å². The molecule has 0 aromatic heterocycles. The number of hydrogen-bond acceptors (Lipinski definition) is 1. The second kappa shape index (κ2) is 6.60. The van der Waals surface area contributed by atoms with E-state index in [9.17, 15) is 0 Å². The molecule has 0 bridgehead atoms. The van der Waals surface area contributed by atoms with Gasteiger partial charge in [-0.3, -0.25) is 0 Å². The average molecular weight is 331 g/mol. The molecule has 1 rings (SSSR count). The summed E-state index contributed by atoms with van der Waals surface area (Å²) in [6.45, 7) is 6.90. The number of nitrogens with one attached hydrogen (secondary N) is 1. The maximum absolute atomic E-state index is 3.38. The van der Waals surface area contributed by atoms with Gasteiger partial charge in [-0.15, -0.1) is 0 Å². The molecule has 0 fully saturated rings. The second-order valence-electron chi connectivity index (χ2n) is 4.82. The lowest BCUT2D eigenvalue weighted by Crippen LogP contribution is -2.35. The van der Waals surface area contributed by atoms with Crippen molar-refractivity contribution < 1.29 is 0 Å². The van der Waals surface area contributed by atoms with Gasteiger partial charge in [-0.25, -0.2) is 0 Å². The molecule has 1 N–H and O–H groups in total. The first-order chi connectivity index (χ1) is 7.54. The van der Waals surface area contributed by atoms with Gasteiger partial charge in [0.15, 0.2) is 0 Å². The molecule has 0 heterocycles. The molecule has 90 valence electrons. The first-order valence-electron chi connectivity index (χ1n) is 5.96. The third-order valence-electron chi connectivity index (χ3n) is 3.34. The second-order valence-corrected chi connectivity index (χ2v) is 6.06. The summed E-state index contributed by atoms with van der Waals surface area (Å²) in [7, 11) is 2.05. The number of halogens is 1. The van der Waals surface area contributed by atoms with E-state index in [0.29, 0.717) is 17.9 Å². The van der Waals surface area contributed by atoms with E-state index in [1.807, 2.05) is 7.05 Å². The van der Waals surface area contributed by atoms with E-state index in [4.69, 9.17) is 0 Å². The van der Waals surface area contributed by atoms with Crippen molar-refractivity contribution in [3.8, 4) is 0 Å². The Balaban J connectivity index is 2.71. The summed E-state index contributed by atoms with van der Waals surface area (Å²) < 4.78 is 1.31. The van der Waals surface area contributed by atoms with Gasteiger partial charge in [0, 0.05) is 9.61 Å². The first-order valence-corrected chi connectivity index (χ1v) is 7.04. The summed E-state index contributed by atoms with van der Waals surface area (Å²) in [5.74, 6) is 1.41. The topological polar surface area (TPSA) is 12.0 Å². The van der Waals surface area contributed by atoms with Gasteiger partial charge in [0.05, 0.1) is 0 Å². The molecule has 16 heavy (non-hydrogen) atoms. The highest BCUT2D eigenvalue weighted by molar-refractivity contribution is 14.1. The van der Waals surface area contributed by atoms with Crippen LogP contribution >= 0.6 is 22.6 Å². The predicted octanol–water partition coefficient (Wildman–Crippen LogP) is 3.71. The van der Waals surface area contributed by atoms with E-state index in [2.05, 4.69) is 72.9 Å². The van der Waals surface area contributed by atoms with Crippen LogP contribution in [0.5, 0.6) is 0 Å². The highest BCUT2D eigenvalue weighted by Gasteiger charge is 2.19. The molecule has 0 saturated heterocycles. The zero-order valence-electron chi connectivity index (χ0n) is 10.6. The van der Waals surface area contributed by atoms with Crippen LogP contribution in [0.15, 0.2) is 24.3 Å². The van der Waals surface area contributed by atoms with Crippen molar-refractivity contribution in [2.75, 3.05) is 7.05 Å². The van der Waals surface area contributed by atoms with Crippen LogP contribution in [0.4, 0.5) is 0 Å². The molecule has 0 saturated carbocycles. The van der Waals surface area contributed by atoms with Crippen LogP contribution in [0.25, 0.3) is 0 Å². The molecule has 0 aliphatic heterocycles. The molecule has 2 atom stereocenters. The molecule has 2 unspecified atom stereocenters. The van der Waals surface area contributed by atoms with Crippen LogP contribution in [0, 0.1) is 15.4 Å². The van der Waals surface area contributed by atoms with Crippen molar-refractivity contribution in [3.05, 3.63) is 33.4 Å². The summed E-state index contributed by atoms with van der Waals surface area (Å²) in [5, 5.41) is 3.38. The molecular weight excluding hydrogens is 309 g/mol. The van der Waals surface area contributed by atoms with Gasteiger partial charge in [-0.2, -0.15) is 0 Å². The maximum atomic E-state index is 3.38. The van der Waals surface area contributed by atoms with Crippen LogP contribution in [0.3, 0.4) is 0 Å². The normalized spacial score (nSPS) is 15.1. The standard InChI is InChI=1S/C14H22IN/c1-10(2)14(11(3)16-4)9-12-5-7-13(15)8-6-12/h5-8,10-11,14,16H,9H2,1-4H3. The summed E-state index contributed by atoms with van der Waals surface area (Å²) >= 11 is 2.35. The summed E-state index contributed by atoms with van der Waals surface area (Å²) in [5.41, 5.74) is 1.45. The molecule has 0 aliphatic rings. The Morgan fingerprint density at radius 1 is 1.12 bits per heavy atom. The largest absolute Gasteiger partial charge is 0.317 e. The third kappa shape index (κ3) is 4.06. The molecule has 0 amide bonds. The first kappa shape index (κ1) is 14.0. The predicted molar refractivity (Wildman–Crippen MR) is 79.7 cm³/mol. The van der Waals surface area contributed by atoms with E-state index in [1.54, 1.807) is 0 Å². The Labute approximate surface area is 113 Å². The summed E-state index contributed by atoms with van der Waals surface area (Å²) in [6, 6.07) is 9.45. The van der Waals surface area contributed by atoms with Crippen LogP contribution in [-0.4, -0.2) is 13.1 Å². The van der Waals surface area contributed by atoms with E-state index < -0.39 is 0 Å². The minimum Gasteiger partial charge on any atom is -0.317 e. The highest BCUT2D eigenvalue weighted by Crippen LogP contribution is 2.21. The lowest BCUT2D eigenvalue weighted by atomic mass is 9.84. The molecule has 0 aliphatic carbocycles. The monoisotopic (exact) mass is 331 g/mol. The molecular formula is C14H22IN. The van der Waals surface area contributed by atoms with Crippen molar-refractivity contribution in [1.82, 2.24) is 5.32 Å². The number of rotatable bonds is 5. The van der Waals surface area contributed by atoms with Crippen LogP contribution in [-0.2, 0) is 6.42 Å². The molecule has 1 aromatic rings. The number of benzene rings is 1. The van der Waals surface area contributed by atoms with Gasteiger partial charge in [0.1, 0.15) is 0 Å². The van der Waals surface area contributed by atoms with E-state index in [1.165, 1.54) is 9.13 Å². The number of hydrogen-bond donors (Lipinski definition) is 1. The zero-order chi connectivity index (χ0) is 12.1. The quantitative estimate of drug-likeness (QED) is 0.811. The fourth-order valence-electron chi connectivity index (χ4n) is 2.10. The van der Waals surface area contributed by atoms with Gasteiger partial charge >= 0.3 is 0 Å². The lowest BCUT2D eigenvalue weighted by Gasteiger charge is -2.27. The van der Waals surface area contributed by atoms with Crippen molar-refractivity contribution in [2.45, 2.75) is 33.2 Å². The highest BCUT2D eigenvalue weighted by atomic mass is 127. The third-order valence-corrected chi connectivity index (χ3v) is 4.06. The van der Waals surface area contributed by atoms with Crippen LogP contribution in [0.2, 0.25) is 0 Å². The minimum atomic E-state index is 0.569. The Hall–Kier alpha value is -0.0900. The van der Waals surface area contributed by atoms with Crippen molar-refractivity contribution in [2.24, 2.45) is 11.8 Å². The minimum absolute atomic E-state index is 0.569. The van der Waals surface area contributed by atoms with Crippen molar-refractivity contribution in [1.29, 1.82) is 0 Å². The zero-order valence-corrected chi connectivity index (χ0v) is 12.8. The SMILES string of the molecule is CNC(C)C(Cc1ccc(I)cc1)C(C)C. The summed E-state index contributed by atoms with van der Waals surface area (Å²) in [4.78, 5) is 0. The van der Waals surface area contributed by atoms with E-state index in [0.717, 1.165) is 6.42 Å². The van der Waals surface area contributed by atoms with Gasteiger partial charge < -0.3 is 5.32 Å².